The molecule has 2 aromatic rings. The fourth-order valence-electron chi connectivity index (χ4n) is 3.91. The predicted octanol–water partition coefficient (Wildman–Crippen LogP) is 4.75. The minimum Gasteiger partial charge on any atom is -0.492 e. The number of nitrogens with zero attached hydrogens (tertiary/aromatic N) is 1. The second kappa shape index (κ2) is 9.93. The molecule has 0 aromatic heterocycles. The van der Waals surface area contributed by atoms with Gasteiger partial charge in [-0.1, -0.05) is 18.2 Å². The highest BCUT2D eigenvalue weighted by Gasteiger charge is 2.51. The molecule has 34 heavy (non-hydrogen) atoms. The van der Waals surface area contributed by atoms with Crippen molar-refractivity contribution in [1.29, 1.82) is 5.26 Å². The zero-order valence-electron chi connectivity index (χ0n) is 17.8. The van der Waals surface area contributed by atoms with Crippen molar-refractivity contribution in [2.75, 3.05) is 13.7 Å². The third kappa shape index (κ3) is 5.99. The molecule has 1 saturated heterocycles. The molecule has 1 aliphatic heterocycles. The second-order valence-corrected chi connectivity index (χ2v) is 7.85. The third-order valence-corrected chi connectivity index (χ3v) is 5.56. The average molecular weight is 486 g/mol. The molecule has 182 valence electrons. The van der Waals surface area contributed by atoms with Gasteiger partial charge in [-0.2, -0.15) is 31.6 Å². The first-order valence-corrected chi connectivity index (χ1v) is 10.1. The lowest BCUT2D eigenvalue weighted by molar-refractivity contribution is -0.156. The van der Waals surface area contributed by atoms with Crippen LogP contribution < -0.4 is 10.1 Å². The maximum Gasteiger partial charge on any atom is 0.417 e. The van der Waals surface area contributed by atoms with Crippen LogP contribution in [-0.4, -0.2) is 37.9 Å². The number of alkyl halides is 6. The number of hydrogen-bond acceptors (Lipinski definition) is 5. The van der Waals surface area contributed by atoms with Crippen LogP contribution >= 0.6 is 0 Å². The summed E-state index contributed by atoms with van der Waals surface area (Å²) in [5, 5.41) is 11.4. The van der Waals surface area contributed by atoms with Gasteiger partial charge in [-0.05, 0) is 41.8 Å². The summed E-state index contributed by atoms with van der Waals surface area (Å²) in [6.07, 6.45) is -9.64. The Balaban J connectivity index is 1.75. The number of ether oxygens (including phenoxy) is 2. The number of carbonyl (C=O) groups is 1. The lowest BCUT2D eigenvalue weighted by Crippen LogP contribution is -2.44. The van der Waals surface area contributed by atoms with Crippen LogP contribution in [0.5, 0.6) is 5.75 Å². The van der Waals surface area contributed by atoms with Gasteiger partial charge < -0.3 is 9.47 Å². The van der Waals surface area contributed by atoms with E-state index in [1.165, 1.54) is 13.2 Å². The fourth-order valence-corrected chi connectivity index (χ4v) is 3.91. The Bertz CT molecular complexity index is 1060. The Labute approximate surface area is 191 Å². The second-order valence-electron chi connectivity index (χ2n) is 7.85. The van der Waals surface area contributed by atoms with Gasteiger partial charge in [0.05, 0.1) is 30.7 Å². The quantitative estimate of drug-likeness (QED) is 0.472. The molecular weight excluding hydrogens is 466 g/mol. The molecule has 0 amide bonds. The average Bonchev–Trinajstić information content (AvgIpc) is 3.22. The topological polar surface area (TPSA) is 71.3 Å². The van der Waals surface area contributed by atoms with Crippen LogP contribution in [0.15, 0.2) is 42.5 Å². The Kier molecular flexibility index (Phi) is 7.41. The van der Waals surface area contributed by atoms with E-state index < -0.39 is 47.5 Å². The predicted molar refractivity (Wildman–Crippen MR) is 108 cm³/mol. The highest BCUT2D eigenvalue weighted by molar-refractivity contribution is 5.72. The molecule has 0 bridgehead atoms. The van der Waals surface area contributed by atoms with E-state index in [1.54, 1.807) is 24.3 Å². The zero-order chi connectivity index (χ0) is 25.1. The summed E-state index contributed by atoms with van der Waals surface area (Å²) in [5.41, 5.74) is -1.41. The maximum atomic E-state index is 13.7. The van der Waals surface area contributed by atoms with E-state index in [0.29, 0.717) is 17.4 Å². The van der Waals surface area contributed by atoms with E-state index in [0.717, 1.165) is 12.1 Å². The van der Waals surface area contributed by atoms with Gasteiger partial charge in [0.25, 0.3) is 0 Å². The molecule has 0 radical (unpaired) electrons. The molecule has 2 aromatic carbocycles. The first-order valence-electron chi connectivity index (χ1n) is 10.1. The molecule has 0 spiro atoms. The number of halogens is 6. The number of methoxy groups -OCH3 is 1. The highest BCUT2D eigenvalue weighted by Crippen LogP contribution is 2.42. The summed E-state index contributed by atoms with van der Waals surface area (Å²) in [6, 6.07) is 7.56. The van der Waals surface area contributed by atoms with Crippen molar-refractivity contribution in [3.63, 3.8) is 0 Å². The smallest absolute Gasteiger partial charge is 0.417 e. The van der Waals surface area contributed by atoms with Gasteiger partial charge in [0.15, 0.2) is 0 Å². The lowest BCUT2D eigenvalue weighted by Gasteiger charge is -2.23. The monoisotopic (exact) mass is 486 g/mol. The molecule has 0 saturated carbocycles. The number of carbonyl (C=O) groups excluding carboxylic acids is 1. The summed E-state index contributed by atoms with van der Waals surface area (Å²) < 4.78 is 91.1. The lowest BCUT2D eigenvalue weighted by atomic mass is 9.88. The third-order valence-electron chi connectivity index (χ3n) is 5.56. The van der Waals surface area contributed by atoms with Gasteiger partial charge in [-0.3, -0.25) is 10.1 Å². The van der Waals surface area contributed by atoms with Gasteiger partial charge in [0.2, 0.25) is 0 Å². The molecule has 1 unspecified atom stereocenters. The van der Waals surface area contributed by atoms with E-state index in [4.69, 9.17) is 10.00 Å². The van der Waals surface area contributed by atoms with Crippen molar-refractivity contribution in [3.05, 3.63) is 64.7 Å². The molecule has 5 nitrogen and oxygen atoms in total. The van der Waals surface area contributed by atoms with Gasteiger partial charge in [-0.25, -0.2) is 0 Å². The molecule has 1 fully saturated rings. The zero-order valence-corrected chi connectivity index (χ0v) is 17.8. The van der Waals surface area contributed by atoms with Crippen molar-refractivity contribution < 1.29 is 40.6 Å². The Morgan fingerprint density at radius 3 is 2.35 bits per heavy atom. The van der Waals surface area contributed by atoms with Crippen molar-refractivity contribution in [3.8, 4) is 11.8 Å². The highest BCUT2D eigenvalue weighted by atomic mass is 19.4. The molecule has 1 aliphatic rings. The van der Waals surface area contributed by atoms with Crippen LogP contribution in [0, 0.1) is 11.3 Å². The van der Waals surface area contributed by atoms with E-state index in [-0.39, 0.29) is 25.0 Å². The van der Waals surface area contributed by atoms with E-state index in [9.17, 15) is 31.1 Å². The van der Waals surface area contributed by atoms with E-state index in [1.807, 2.05) is 0 Å². The van der Waals surface area contributed by atoms with Crippen LogP contribution in [0.1, 0.15) is 34.6 Å². The molecule has 3 atom stereocenters. The molecule has 11 heteroatoms. The molecule has 0 aliphatic carbocycles. The molecule has 1 heterocycles. The van der Waals surface area contributed by atoms with Gasteiger partial charge in [-0.15, -0.1) is 0 Å². The van der Waals surface area contributed by atoms with Crippen molar-refractivity contribution in [2.24, 2.45) is 0 Å². The fraction of sp³-hybridized carbons (Fsp3) is 0.391. The number of nitriles is 1. The summed E-state index contributed by atoms with van der Waals surface area (Å²) in [5.74, 6) is -1.35. The maximum absolute atomic E-state index is 13.7. The van der Waals surface area contributed by atoms with Crippen molar-refractivity contribution >= 4 is 5.97 Å². The summed E-state index contributed by atoms with van der Waals surface area (Å²) in [6.45, 7) is -0.151. The standard InChI is InChI=1S/C23H20F6N2O3/c1-33-20(32)8-13-2-6-17(7-3-13)34-12-16-10-18(21(31-16)23(27,28)29)14-4-5-15(11-30)19(9-14)22(24,25)26/h2-7,9,16,18,21,31H,8,10,12H2,1H3/t16-,18?,21+/m0/s1. The van der Waals surface area contributed by atoms with Crippen LogP contribution in [0.3, 0.4) is 0 Å². The molecule has 1 N–H and O–H groups in total. The SMILES string of the molecule is COC(=O)Cc1ccc(OC[C@@H]2CC(c3ccc(C#N)c(C(F)(F)F)c3)[C@H](C(F)(F)F)N2)cc1. The summed E-state index contributed by atoms with van der Waals surface area (Å²) >= 11 is 0. The number of hydrogen-bond donors (Lipinski definition) is 1. The number of nitrogens with one attached hydrogen (secondary N) is 1. The van der Waals surface area contributed by atoms with Gasteiger partial charge in [0, 0.05) is 12.0 Å². The van der Waals surface area contributed by atoms with Crippen LogP contribution in [0.4, 0.5) is 26.3 Å². The van der Waals surface area contributed by atoms with Crippen LogP contribution in [0.2, 0.25) is 0 Å². The normalized spacial score (nSPS) is 20.6. The number of benzene rings is 2. The first-order chi connectivity index (χ1) is 15.9. The number of rotatable bonds is 6. The first kappa shape index (κ1) is 25.4. The van der Waals surface area contributed by atoms with Crippen LogP contribution in [-0.2, 0) is 22.1 Å². The minimum atomic E-state index is -4.87. The van der Waals surface area contributed by atoms with E-state index in [2.05, 4.69) is 10.1 Å². The van der Waals surface area contributed by atoms with Gasteiger partial charge >= 0.3 is 18.3 Å². The molecule has 3 rings (SSSR count). The van der Waals surface area contributed by atoms with E-state index >= 15 is 0 Å². The number of esters is 1. The Morgan fingerprint density at radius 2 is 1.79 bits per heavy atom. The van der Waals surface area contributed by atoms with Crippen molar-refractivity contribution in [2.45, 2.75) is 43.2 Å². The molecular formula is C23H20F6N2O3. The van der Waals surface area contributed by atoms with Crippen LogP contribution in [0.25, 0.3) is 0 Å². The Hall–Kier alpha value is -3.26. The summed E-state index contributed by atoms with van der Waals surface area (Å²) in [4.78, 5) is 11.3. The van der Waals surface area contributed by atoms with Gasteiger partial charge in [0.1, 0.15) is 18.4 Å². The minimum absolute atomic E-state index is 0.0560. The summed E-state index contributed by atoms with van der Waals surface area (Å²) in [7, 11) is 1.26. The largest absolute Gasteiger partial charge is 0.492 e. The van der Waals surface area contributed by atoms with Crippen molar-refractivity contribution in [1.82, 2.24) is 5.32 Å². The Morgan fingerprint density at radius 1 is 1.12 bits per heavy atom.